The summed E-state index contributed by atoms with van der Waals surface area (Å²) in [7, 11) is 0. The van der Waals surface area contributed by atoms with Gasteiger partial charge in [0, 0.05) is 13.1 Å². The third kappa shape index (κ3) is 8.03. The van der Waals surface area contributed by atoms with Gasteiger partial charge in [0.15, 0.2) is 0 Å². The molecule has 3 nitrogen and oxygen atoms in total. The molecule has 0 aliphatic carbocycles. The Hall–Kier alpha value is -1.25. The predicted molar refractivity (Wildman–Crippen MR) is 89.5 cm³/mol. The van der Waals surface area contributed by atoms with Crippen molar-refractivity contribution >= 4 is 11.6 Å². The molecule has 0 fully saturated rings. The Kier molecular flexibility index (Phi) is 9.72. The Bertz CT molecular complexity index is 339. The number of pyridine rings is 1. The SMILES string of the molecule is CCCCCCCCCCNc1cccc(NCC)n1. The molecule has 114 valence electrons. The number of unbranched alkanes of at least 4 members (excludes halogenated alkanes) is 7. The van der Waals surface area contributed by atoms with Gasteiger partial charge in [-0.05, 0) is 25.5 Å². The Balaban J connectivity index is 2.02. The Morgan fingerprint density at radius 2 is 1.40 bits per heavy atom. The summed E-state index contributed by atoms with van der Waals surface area (Å²) in [6.07, 6.45) is 10.9. The van der Waals surface area contributed by atoms with Crippen LogP contribution in [0.1, 0.15) is 65.2 Å². The minimum absolute atomic E-state index is 0.911. The van der Waals surface area contributed by atoms with E-state index in [0.717, 1.165) is 24.7 Å². The second-order valence-electron chi connectivity index (χ2n) is 5.34. The van der Waals surface area contributed by atoms with Gasteiger partial charge in [-0.1, -0.05) is 57.9 Å². The van der Waals surface area contributed by atoms with Crippen LogP contribution in [0.3, 0.4) is 0 Å². The fourth-order valence-electron chi connectivity index (χ4n) is 2.29. The largest absolute Gasteiger partial charge is 0.370 e. The Morgan fingerprint density at radius 3 is 2.05 bits per heavy atom. The summed E-state index contributed by atoms with van der Waals surface area (Å²) in [4.78, 5) is 4.51. The number of aromatic nitrogens is 1. The second kappa shape index (κ2) is 11.6. The van der Waals surface area contributed by atoms with Crippen LogP contribution < -0.4 is 10.6 Å². The molecule has 1 aromatic rings. The van der Waals surface area contributed by atoms with Crippen molar-refractivity contribution in [3.8, 4) is 0 Å². The fourth-order valence-corrected chi connectivity index (χ4v) is 2.29. The van der Waals surface area contributed by atoms with Crippen molar-refractivity contribution in [3.63, 3.8) is 0 Å². The fraction of sp³-hybridized carbons (Fsp3) is 0.706. The van der Waals surface area contributed by atoms with Crippen molar-refractivity contribution in [1.82, 2.24) is 4.98 Å². The van der Waals surface area contributed by atoms with Crippen LogP contribution in [-0.4, -0.2) is 18.1 Å². The van der Waals surface area contributed by atoms with E-state index in [4.69, 9.17) is 0 Å². The summed E-state index contributed by atoms with van der Waals surface area (Å²) >= 11 is 0. The average molecular weight is 277 g/mol. The number of rotatable bonds is 12. The molecule has 0 unspecified atom stereocenters. The van der Waals surface area contributed by atoms with Crippen LogP contribution in [-0.2, 0) is 0 Å². The van der Waals surface area contributed by atoms with Crippen molar-refractivity contribution < 1.29 is 0 Å². The van der Waals surface area contributed by atoms with Crippen molar-refractivity contribution in [2.75, 3.05) is 23.7 Å². The van der Waals surface area contributed by atoms with E-state index >= 15 is 0 Å². The highest BCUT2D eigenvalue weighted by molar-refractivity contribution is 5.44. The third-order valence-electron chi connectivity index (χ3n) is 3.44. The van der Waals surface area contributed by atoms with E-state index in [-0.39, 0.29) is 0 Å². The maximum atomic E-state index is 4.51. The molecule has 0 aromatic carbocycles. The molecule has 1 heterocycles. The lowest BCUT2D eigenvalue weighted by atomic mass is 10.1. The monoisotopic (exact) mass is 277 g/mol. The van der Waals surface area contributed by atoms with Gasteiger partial charge in [0.05, 0.1) is 0 Å². The molecular formula is C17H31N3. The molecule has 0 saturated carbocycles. The second-order valence-corrected chi connectivity index (χ2v) is 5.34. The summed E-state index contributed by atoms with van der Waals surface area (Å²) in [5.74, 6) is 1.93. The lowest BCUT2D eigenvalue weighted by molar-refractivity contribution is 0.581. The number of hydrogen-bond donors (Lipinski definition) is 2. The highest BCUT2D eigenvalue weighted by Gasteiger charge is 1.96. The number of hydrogen-bond acceptors (Lipinski definition) is 3. The van der Waals surface area contributed by atoms with Crippen molar-refractivity contribution in [1.29, 1.82) is 0 Å². The van der Waals surface area contributed by atoms with Gasteiger partial charge in [0.1, 0.15) is 11.6 Å². The predicted octanol–water partition coefficient (Wildman–Crippen LogP) is 5.07. The summed E-state index contributed by atoms with van der Waals surface area (Å²) in [5, 5.41) is 6.64. The van der Waals surface area contributed by atoms with Gasteiger partial charge in [-0.15, -0.1) is 0 Å². The van der Waals surface area contributed by atoms with Gasteiger partial charge < -0.3 is 10.6 Å². The summed E-state index contributed by atoms with van der Waals surface area (Å²) in [6, 6.07) is 6.08. The molecule has 20 heavy (non-hydrogen) atoms. The van der Waals surface area contributed by atoms with Crippen LogP contribution in [0.15, 0.2) is 18.2 Å². The molecule has 0 aliphatic rings. The smallest absolute Gasteiger partial charge is 0.128 e. The molecule has 2 N–H and O–H groups in total. The topological polar surface area (TPSA) is 37.0 Å². The lowest BCUT2D eigenvalue weighted by Crippen LogP contribution is -2.05. The normalized spacial score (nSPS) is 10.5. The van der Waals surface area contributed by atoms with Crippen LogP contribution >= 0.6 is 0 Å². The van der Waals surface area contributed by atoms with Crippen LogP contribution in [0.2, 0.25) is 0 Å². The highest BCUT2D eigenvalue weighted by Crippen LogP contribution is 2.11. The van der Waals surface area contributed by atoms with E-state index in [9.17, 15) is 0 Å². The quantitative estimate of drug-likeness (QED) is 0.524. The third-order valence-corrected chi connectivity index (χ3v) is 3.44. The van der Waals surface area contributed by atoms with Crippen molar-refractivity contribution in [2.24, 2.45) is 0 Å². The summed E-state index contributed by atoms with van der Waals surface area (Å²) < 4.78 is 0. The standard InChI is InChI=1S/C17H31N3/c1-3-5-6-7-8-9-10-11-15-19-17-14-12-13-16(20-17)18-4-2/h12-14H,3-11,15H2,1-2H3,(H2,18,19,20). The summed E-state index contributed by atoms with van der Waals surface area (Å²) in [6.45, 7) is 6.29. The molecule has 0 amide bonds. The van der Waals surface area contributed by atoms with E-state index < -0.39 is 0 Å². The first-order valence-electron chi connectivity index (χ1n) is 8.31. The molecule has 0 aliphatic heterocycles. The van der Waals surface area contributed by atoms with Gasteiger partial charge in [0.25, 0.3) is 0 Å². The van der Waals surface area contributed by atoms with E-state index in [0.29, 0.717) is 0 Å². The molecule has 0 radical (unpaired) electrons. The molecular weight excluding hydrogens is 246 g/mol. The molecule has 0 atom stereocenters. The first kappa shape index (κ1) is 16.8. The molecule has 0 saturated heterocycles. The zero-order valence-electron chi connectivity index (χ0n) is 13.3. The number of nitrogens with zero attached hydrogens (tertiary/aromatic N) is 1. The van der Waals surface area contributed by atoms with Gasteiger partial charge in [-0.2, -0.15) is 0 Å². The maximum absolute atomic E-state index is 4.51. The van der Waals surface area contributed by atoms with Crippen LogP contribution in [0, 0.1) is 0 Å². The highest BCUT2D eigenvalue weighted by atomic mass is 15.1. The maximum Gasteiger partial charge on any atom is 0.128 e. The van der Waals surface area contributed by atoms with Gasteiger partial charge in [0.2, 0.25) is 0 Å². The minimum Gasteiger partial charge on any atom is -0.370 e. The van der Waals surface area contributed by atoms with E-state index in [1.54, 1.807) is 0 Å². The van der Waals surface area contributed by atoms with Crippen molar-refractivity contribution in [3.05, 3.63) is 18.2 Å². The number of anilines is 2. The molecule has 1 rings (SSSR count). The van der Waals surface area contributed by atoms with Gasteiger partial charge in [-0.25, -0.2) is 4.98 Å². The first-order chi connectivity index (χ1) is 9.86. The Labute approximate surface area is 124 Å². The minimum atomic E-state index is 0.911. The Morgan fingerprint density at radius 1 is 0.800 bits per heavy atom. The van der Waals surface area contributed by atoms with Gasteiger partial charge >= 0.3 is 0 Å². The zero-order valence-corrected chi connectivity index (χ0v) is 13.3. The van der Waals surface area contributed by atoms with Crippen LogP contribution in [0.5, 0.6) is 0 Å². The van der Waals surface area contributed by atoms with E-state index in [2.05, 4.69) is 29.5 Å². The summed E-state index contributed by atoms with van der Waals surface area (Å²) in [5.41, 5.74) is 0. The molecule has 0 spiro atoms. The van der Waals surface area contributed by atoms with E-state index in [1.165, 1.54) is 51.4 Å². The molecule has 3 heteroatoms. The lowest BCUT2D eigenvalue weighted by Gasteiger charge is -2.08. The zero-order chi connectivity index (χ0) is 14.5. The van der Waals surface area contributed by atoms with Gasteiger partial charge in [-0.3, -0.25) is 0 Å². The first-order valence-corrected chi connectivity index (χ1v) is 8.31. The van der Waals surface area contributed by atoms with Crippen molar-refractivity contribution in [2.45, 2.75) is 65.2 Å². The van der Waals surface area contributed by atoms with E-state index in [1.807, 2.05) is 18.2 Å². The molecule has 1 aromatic heterocycles. The average Bonchev–Trinajstić information content (AvgIpc) is 2.46. The van der Waals surface area contributed by atoms with Crippen LogP contribution in [0.4, 0.5) is 11.6 Å². The molecule has 0 bridgehead atoms. The number of nitrogens with one attached hydrogen (secondary N) is 2. The van der Waals surface area contributed by atoms with Crippen LogP contribution in [0.25, 0.3) is 0 Å².